The molecule has 0 N–H and O–H groups in total. The van der Waals surface area contributed by atoms with Crippen LogP contribution in [-0.4, -0.2) is 41.8 Å². The molecular weight excluding hydrogens is 194 g/mol. The number of hydrogen-bond donors (Lipinski definition) is 0. The summed E-state index contributed by atoms with van der Waals surface area (Å²) >= 11 is 2.01. The second-order valence-electron chi connectivity index (χ2n) is 4.97. The molecule has 14 heavy (non-hydrogen) atoms. The maximum atomic E-state index is 5.88. The molecule has 0 aliphatic carbocycles. The maximum Gasteiger partial charge on any atom is 0.114 e. The fourth-order valence-electron chi connectivity index (χ4n) is 3.71. The lowest BCUT2D eigenvalue weighted by Gasteiger charge is -2.33. The Morgan fingerprint density at radius 3 is 3.36 bits per heavy atom. The van der Waals surface area contributed by atoms with Gasteiger partial charge in [0.2, 0.25) is 0 Å². The Balaban J connectivity index is 1.84. The van der Waals surface area contributed by atoms with Crippen molar-refractivity contribution in [3.63, 3.8) is 0 Å². The van der Waals surface area contributed by atoms with E-state index in [1.165, 1.54) is 38.0 Å². The van der Waals surface area contributed by atoms with Gasteiger partial charge in [0.15, 0.2) is 0 Å². The third-order valence-corrected chi connectivity index (χ3v) is 5.02. The molecule has 0 aromatic carbocycles. The van der Waals surface area contributed by atoms with Crippen molar-refractivity contribution >= 4 is 11.8 Å². The summed E-state index contributed by atoms with van der Waals surface area (Å²) in [4.78, 5) is 2.68. The molecule has 3 heterocycles. The van der Waals surface area contributed by atoms with Gasteiger partial charge in [0.05, 0.1) is 0 Å². The largest absolute Gasteiger partial charge is 0.363 e. The quantitative estimate of drug-likeness (QED) is 0.695. The van der Waals surface area contributed by atoms with E-state index in [4.69, 9.17) is 4.74 Å². The molecule has 3 rings (SSSR count). The van der Waals surface area contributed by atoms with E-state index in [2.05, 4.69) is 11.2 Å². The number of rotatable bonds is 2. The van der Waals surface area contributed by atoms with Gasteiger partial charge in [-0.05, 0) is 31.9 Å². The first-order valence-corrected chi connectivity index (χ1v) is 7.12. The molecule has 0 bridgehead atoms. The van der Waals surface area contributed by atoms with E-state index >= 15 is 0 Å². The second kappa shape index (κ2) is 3.39. The van der Waals surface area contributed by atoms with Gasteiger partial charge in [0.1, 0.15) is 6.23 Å². The van der Waals surface area contributed by atoms with Crippen molar-refractivity contribution in [2.24, 2.45) is 5.92 Å². The summed E-state index contributed by atoms with van der Waals surface area (Å²) in [6.07, 6.45) is 8.22. The van der Waals surface area contributed by atoms with Gasteiger partial charge in [0, 0.05) is 30.4 Å². The number of thioether (sulfide) groups is 1. The first-order valence-electron chi connectivity index (χ1n) is 5.73. The molecule has 0 saturated carbocycles. The van der Waals surface area contributed by atoms with Crippen molar-refractivity contribution in [1.82, 2.24) is 4.90 Å². The van der Waals surface area contributed by atoms with E-state index in [0.717, 1.165) is 12.5 Å². The third kappa shape index (κ3) is 1.18. The van der Waals surface area contributed by atoms with Crippen LogP contribution in [0.3, 0.4) is 0 Å². The maximum absolute atomic E-state index is 5.88. The Morgan fingerprint density at radius 1 is 1.57 bits per heavy atom. The Hall–Kier alpha value is 0.270. The minimum atomic E-state index is 0.490. The Kier molecular flexibility index (Phi) is 2.30. The fraction of sp³-hybridized carbons (Fsp3) is 1.00. The summed E-state index contributed by atoms with van der Waals surface area (Å²) < 4.78 is 5.88. The highest BCUT2D eigenvalue weighted by atomic mass is 32.2. The van der Waals surface area contributed by atoms with Crippen LogP contribution in [0.25, 0.3) is 0 Å². The van der Waals surface area contributed by atoms with Gasteiger partial charge < -0.3 is 4.74 Å². The van der Waals surface area contributed by atoms with Crippen LogP contribution in [0.2, 0.25) is 0 Å². The van der Waals surface area contributed by atoms with Gasteiger partial charge in [-0.3, -0.25) is 4.90 Å². The van der Waals surface area contributed by atoms with Crippen molar-refractivity contribution in [3.8, 4) is 0 Å². The molecule has 3 saturated heterocycles. The van der Waals surface area contributed by atoms with Gasteiger partial charge in [-0.1, -0.05) is 0 Å². The van der Waals surface area contributed by atoms with Crippen molar-refractivity contribution in [1.29, 1.82) is 0 Å². The van der Waals surface area contributed by atoms with Crippen molar-refractivity contribution in [2.75, 3.05) is 25.2 Å². The van der Waals surface area contributed by atoms with Gasteiger partial charge in [-0.2, -0.15) is 11.8 Å². The first kappa shape index (κ1) is 9.49. The molecule has 0 radical (unpaired) electrons. The average Bonchev–Trinajstić information content (AvgIpc) is 2.74. The summed E-state index contributed by atoms with van der Waals surface area (Å²) in [6, 6.07) is 0. The topological polar surface area (TPSA) is 12.5 Å². The molecule has 3 fully saturated rings. The number of ether oxygens (including phenoxy) is 1. The highest BCUT2D eigenvalue weighted by Crippen LogP contribution is 2.50. The molecule has 3 aliphatic rings. The molecular formula is C11H19NOS. The van der Waals surface area contributed by atoms with Gasteiger partial charge in [-0.15, -0.1) is 0 Å². The Bertz CT molecular complexity index is 235. The Labute approximate surface area is 90.4 Å². The van der Waals surface area contributed by atoms with Crippen LogP contribution in [0.1, 0.15) is 25.7 Å². The molecule has 3 heteroatoms. The summed E-state index contributed by atoms with van der Waals surface area (Å²) in [7, 11) is 0. The molecule has 3 aliphatic heterocycles. The number of nitrogens with zero attached hydrogens (tertiary/aromatic N) is 1. The van der Waals surface area contributed by atoms with Gasteiger partial charge in [0.25, 0.3) is 0 Å². The number of fused-ring (bicyclic) bond motifs is 3. The SMILES string of the molecule is CSCC12CCCN1C1OCCC1C2. The standard InChI is InChI=1S/C11H19NOS/c1-14-8-11-4-2-5-12(11)10-9(7-11)3-6-13-10/h9-10H,2-8H2,1H3. The van der Waals surface area contributed by atoms with Crippen LogP contribution >= 0.6 is 11.8 Å². The van der Waals surface area contributed by atoms with E-state index < -0.39 is 0 Å². The van der Waals surface area contributed by atoms with Gasteiger partial charge >= 0.3 is 0 Å². The zero-order chi connectivity index (χ0) is 9.60. The smallest absolute Gasteiger partial charge is 0.114 e. The van der Waals surface area contributed by atoms with E-state index in [9.17, 15) is 0 Å². The lowest BCUT2D eigenvalue weighted by Crippen LogP contribution is -2.44. The van der Waals surface area contributed by atoms with Crippen LogP contribution in [0.4, 0.5) is 0 Å². The third-order valence-electron chi connectivity index (χ3n) is 4.19. The van der Waals surface area contributed by atoms with Crippen LogP contribution in [-0.2, 0) is 4.74 Å². The fourth-order valence-corrected chi connectivity index (χ4v) is 4.68. The highest BCUT2D eigenvalue weighted by molar-refractivity contribution is 7.98. The van der Waals surface area contributed by atoms with Crippen LogP contribution in [0.5, 0.6) is 0 Å². The normalized spacial score (nSPS) is 46.9. The van der Waals surface area contributed by atoms with E-state index in [-0.39, 0.29) is 0 Å². The average molecular weight is 213 g/mol. The summed E-state index contributed by atoms with van der Waals surface area (Å²) in [5.74, 6) is 2.16. The molecule has 0 amide bonds. The first-order chi connectivity index (χ1) is 6.86. The summed E-state index contributed by atoms with van der Waals surface area (Å²) in [5.41, 5.74) is 0.523. The molecule has 80 valence electrons. The summed E-state index contributed by atoms with van der Waals surface area (Å²) in [6.45, 7) is 2.28. The van der Waals surface area contributed by atoms with Crippen molar-refractivity contribution in [3.05, 3.63) is 0 Å². The van der Waals surface area contributed by atoms with Gasteiger partial charge in [-0.25, -0.2) is 0 Å². The highest BCUT2D eigenvalue weighted by Gasteiger charge is 2.55. The van der Waals surface area contributed by atoms with E-state index in [1.54, 1.807) is 0 Å². The lowest BCUT2D eigenvalue weighted by molar-refractivity contribution is -0.0264. The zero-order valence-electron chi connectivity index (χ0n) is 8.87. The monoisotopic (exact) mass is 213 g/mol. The summed E-state index contributed by atoms with van der Waals surface area (Å²) in [5, 5.41) is 0. The molecule has 3 unspecified atom stereocenters. The molecule has 0 aromatic rings. The molecule has 3 atom stereocenters. The van der Waals surface area contributed by atoms with E-state index in [0.29, 0.717) is 11.8 Å². The lowest BCUT2D eigenvalue weighted by atomic mass is 9.91. The minimum Gasteiger partial charge on any atom is -0.363 e. The predicted octanol–water partition coefficient (Wildman–Crippen LogP) is 1.95. The zero-order valence-corrected chi connectivity index (χ0v) is 9.68. The number of hydrogen-bond acceptors (Lipinski definition) is 3. The molecule has 0 spiro atoms. The molecule has 2 nitrogen and oxygen atoms in total. The second-order valence-corrected chi connectivity index (χ2v) is 5.83. The van der Waals surface area contributed by atoms with Crippen molar-refractivity contribution < 1.29 is 4.74 Å². The van der Waals surface area contributed by atoms with Crippen LogP contribution < -0.4 is 0 Å². The van der Waals surface area contributed by atoms with Crippen molar-refractivity contribution in [2.45, 2.75) is 37.5 Å². The Morgan fingerprint density at radius 2 is 2.50 bits per heavy atom. The van der Waals surface area contributed by atoms with E-state index in [1.807, 2.05) is 11.8 Å². The van der Waals surface area contributed by atoms with Crippen LogP contribution in [0.15, 0.2) is 0 Å². The minimum absolute atomic E-state index is 0.490. The molecule has 0 aromatic heterocycles. The van der Waals surface area contributed by atoms with Crippen LogP contribution in [0, 0.1) is 5.92 Å². The predicted molar refractivity (Wildman–Crippen MR) is 59.5 cm³/mol.